The first kappa shape index (κ1) is 35.9. The number of benzene rings is 2. The van der Waals surface area contributed by atoms with Crippen molar-refractivity contribution in [2.45, 2.75) is 22.4 Å². The number of hydrogen-bond acceptors (Lipinski definition) is 8. The SMILES string of the molecule is CN1CCN(CCCN2c3ccccc3Sc3ccc(C(F)(F)F)cc32)CC1.O=C(O)C=CC(=O)O.O=C(O)C=CC(=O)O. The van der Waals surface area contributed by atoms with Crippen LogP contribution in [0.2, 0.25) is 0 Å². The van der Waals surface area contributed by atoms with Crippen molar-refractivity contribution in [2.24, 2.45) is 0 Å². The van der Waals surface area contributed by atoms with Crippen LogP contribution in [-0.2, 0) is 25.4 Å². The van der Waals surface area contributed by atoms with E-state index in [-0.39, 0.29) is 0 Å². The Morgan fingerprint density at radius 3 is 1.75 bits per heavy atom. The van der Waals surface area contributed by atoms with E-state index >= 15 is 0 Å². The lowest BCUT2D eigenvalue weighted by Gasteiger charge is -2.35. The zero-order valence-corrected chi connectivity index (χ0v) is 24.4. The lowest BCUT2D eigenvalue weighted by Crippen LogP contribution is -2.45. The summed E-state index contributed by atoms with van der Waals surface area (Å²) in [6, 6.07) is 12.0. The monoisotopic (exact) mass is 639 g/mol. The lowest BCUT2D eigenvalue weighted by molar-refractivity contribution is -0.137. The van der Waals surface area contributed by atoms with Gasteiger partial charge < -0.3 is 35.1 Å². The summed E-state index contributed by atoms with van der Waals surface area (Å²) in [6.45, 7) is 5.92. The van der Waals surface area contributed by atoms with Crippen LogP contribution in [-0.4, -0.2) is 100 Å². The van der Waals surface area contributed by atoms with E-state index in [1.165, 1.54) is 12.1 Å². The number of para-hydroxylation sites is 1. The first-order chi connectivity index (χ1) is 20.7. The highest BCUT2D eigenvalue weighted by Crippen LogP contribution is 2.49. The molecule has 1 fully saturated rings. The van der Waals surface area contributed by atoms with E-state index in [9.17, 15) is 32.3 Å². The standard InChI is InChI=1S/C21H24F3N3S.2C4H4O4/c1-25-11-13-26(14-12-25)9-4-10-27-17-5-2-3-6-19(17)28-20-8-7-16(15-18(20)27)21(22,23)24;2*5-3(6)1-2-4(7)8/h2-3,5-8,15H,4,9-14H2,1H3;2*1-2H,(H,5,6)(H,7,8). The molecule has 4 N–H and O–H groups in total. The number of alkyl halides is 3. The fourth-order valence-corrected chi connectivity index (χ4v) is 5.13. The molecular weight excluding hydrogens is 607 g/mol. The first-order valence-electron chi connectivity index (χ1n) is 13.1. The number of anilines is 2. The Hall–Kier alpha value is -4.34. The van der Waals surface area contributed by atoms with Crippen molar-refractivity contribution in [3.8, 4) is 0 Å². The maximum atomic E-state index is 13.3. The van der Waals surface area contributed by atoms with Gasteiger partial charge in [0.1, 0.15) is 0 Å². The average molecular weight is 640 g/mol. The third-order valence-corrected chi connectivity index (χ3v) is 7.27. The van der Waals surface area contributed by atoms with E-state index < -0.39 is 35.6 Å². The normalized spacial score (nSPS) is 15.0. The molecule has 0 spiro atoms. The number of likely N-dealkylation sites (N-methyl/N-ethyl adjacent to an activating group) is 1. The number of halogens is 3. The zero-order valence-electron chi connectivity index (χ0n) is 23.6. The van der Waals surface area contributed by atoms with Gasteiger partial charge in [0, 0.05) is 66.8 Å². The van der Waals surface area contributed by atoms with Crippen molar-refractivity contribution in [1.82, 2.24) is 9.80 Å². The molecule has 4 rings (SSSR count). The van der Waals surface area contributed by atoms with E-state index in [1.54, 1.807) is 17.8 Å². The van der Waals surface area contributed by atoms with Crippen LogP contribution in [0.25, 0.3) is 0 Å². The summed E-state index contributed by atoms with van der Waals surface area (Å²) in [4.78, 5) is 47.0. The Balaban J connectivity index is 0.000000349. The molecule has 0 atom stereocenters. The molecule has 2 aliphatic rings. The topological polar surface area (TPSA) is 159 Å². The minimum absolute atomic E-state index is 0.558. The van der Waals surface area contributed by atoms with Crippen LogP contribution in [0.5, 0.6) is 0 Å². The van der Waals surface area contributed by atoms with Crippen molar-refractivity contribution in [1.29, 1.82) is 0 Å². The van der Waals surface area contributed by atoms with Crippen molar-refractivity contribution in [3.05, 3.63) is 72.3 Å². The van der Waals surface area contributed by atoms with Gasteiger partial charge in [-0.05, 0) is 50.3 Å². The van der Waals surface area contributed by atoms with Gasteiger partial charge >= 0.3 is 30.1 Å². The summed E-state index contributed by atoms with van der Waals surface area (Å²) < 4.78 is 39.8. The molecule has 15 heteroatoms. The Morgan fingerprint density at radius 2 is 1.25 bits per heavy atom. The molecule has 238 valence electrons. The minimum atomic E-state index is -4.33. The zero-order chi connectivity index (χ0) is 32.9. The Kier molecular flexibility index (Phi) is 13.9. The highest BCUT2D eigenvalue weighted by atomic mass is 32.2. The molecule has 1 saturated heterocycles. The van der Waals surface area contributed by atoms with E-state index in [2.05, 4.69) is 21.7 Å². The highest BCUT2D eigenvalue weighted by molar-refractivity contribution is 7.99. The largest absolute Gasteiger partial charge is 0.478 e. The molecule has 0 bridgehead atoms. The number of carbonyl (C=O) groups is 4. The van der Waals surface area contributed by atoms with Crippen LogP contribution in [0.4, 0.5) is 24.5 Å². The molecule has 0 unspecified atom stereocenters. The molecule has 44 heavy (non-hydrogen) atoms. The summed E-state index contributed by atoms with van der Waals surface area (Å²) in [5.41, 5.74) is 1.07. The highest BCUT2D eigenvalue weighted by Gasteiger charge is 2.33. The molecule has 0 aromatic heterocycles. The lowest BCUT2D eigenvalue weighted by atomic mass is 10.1. The maximum Gasteiger partial charge on any atom is 0.416 e. The van der Waals surface area contributed by atoms with Gasteiger partial charge in [0.25, 0.3) is 0 Å². The van der Waals surface area contributed by atoms with Crippen molar-refractivity contribution < 1.29 is 52.8 Å². The van der Waals surface area contributed by atoms with Crippen molar-refractivity contribution in [3.63, 3.8) is 0 Å². The molecule has 0 saturated carbocycles. The third-order valence-electron chi connectivity index (χ3n) is 6.14. The van der Waals surface area contributed by atoms with Gasteiger partial charge in [-0.2, -0.15) is 13.2 Å². The summed E-state index contributed by atoms with van der Waals surface area (Å²) in [5.74, 6) is -5.03. The van der Waals surface area contributed by atoms with Crippen LogP contribution in [0, 0.1) is 0 Å². The van der Waals surface area contributed by atoms with Crippen molar-refractivity contribution in [2.75, 3.05) is 51.2 Å². The van der Waals surface area contributed by atoms with Gasteiger partial charge in [-0.25, -0.2) is 19.2 Å². The van der Waals surface area contributed by atoms with E-state index in [0.29, 0.717) is 36.5 Å². The molecule has 2 aromatic carbocycles. The number of nitrogens with zero attached hydrogens (tertiary/aromatic N) is 3. The molecule has 2 aliphatic heterocycles. The summed E-state index contributed by atoms with van der Waals surface area (Å²) >= 11 is 1.54. The van der Waals surface area contributed by atoms with Gasteiger partial charge in [0.15, 0.2) is 0 Å². The molecule has 11 nitrogen and oxygen atoms in total. The minimum Gasteiger partial charge on any atom is -0.478 e. The predicted molar refractivity (Wildman–Crippen MR) is 156 cm³/mol. The van der Waals surface area contributed by atoms with Gasteiger partial charge in [0.05, 0.1) is 16.9 Å². The number of hydrogen-bond donors (Lipinski definition) is 4. The van der Waals surface area contributed by atoms with Gasteiger partial charge in [0.2, 0.25) is 0 Å². The molecular formula is C29H32F3N3O8S. The van der Waals surface area contributed by atoms with E-state index in [1.807, 2.05) is 24.3 Å². The van der Waals surface area contributed by atoms with Gasteiger partial charge in [-0.1, -0.05) is 23.9 Å². The Labute approximate surface area is 255 Å². The maximum absolute atomic E-state index is 13.3. The average Bonchev–Trinajstić information content (AvgIpc) is 2.95. The Morgan fingerprint density at radius 1 is 0.750 bits per heavy atom. The van der Waals surface area contributed by atoms with Crippen LogP contribution < -0.4 is 4.90 Å². The Bertz CT molecular complexity index is 1310. The van der Waals surface area contributed by atoms with Crippen LogP contribution in [0.15, 0.2) is 76.6 Å². The summed E-state index contributed by atoms with van der Waals surface area (Å²) in [6.07, 6.45) is -1.18. The molecule has 2 heterocycles. The number of fused-ring (bicyclic) bond motifs is 2. The number of rotatable bonds is 8. The van der Waals surface area contributed by atoms with Crippen molar-refractivity contribution >= 4 is 47.0 Å². The molecule has 2 aromatic rings. The fraction of sp³-hybridized carbons (Fsp3) is 0.310. The van der Waals surface area contributed by atoms with Gasteiger partial charge in [-0.3, -0.25) is 0 Å². The van der Waals surface area contributed by atoms with Gasteiger partial charge in [-0.15, -0.1) is 0 Å². The third kappa shape index (κ3) is 12.5. The van der Waals surface area contributed by atoms with Crippen LogP contribution in [0.3, 0.4) is 0 Å². The van der Waals surface area contributed by atoms with E-state index in [0.717, 1.165) is 54.6 Å². The first-order valence-corrected chi connectivity index (χ1v) is 13.9. The second-order valence-electron chi connectivity index (χ2n) is 9.42. The second kappa shape index (κ2) is 17.1. The second-order valence-corrected chi connectivity index (χ2v) is 10.5. The predicted octanol–water partition coefficient (Wildman–Crippen LogP) is 4.37. The van der Waals surface area contributed by atoms with E-state index in [4.69, 9.17) is 20.4 Å². The number of aliphatic carboxylic acids is 4. The van der Waals surface area contributed by atoms with Crippen LogP contribution >= 0.6 is 11.8 Å². The summed E-state index contributed by atoms with van der Waals surface area (Å²) in [5, 5.41) is 31.2. The fourth-order valence-electron chi connectivity index (χ4n) is 4.06. The summed E-state index contributed by atoms with van der Waals surface area (Å²) in [7, 11) is 2.13. The molecule has 0 amide bonds. The molecule has 0 radical (unpaired) electrons. The number of piperazine rings is 1. The smallest absolute Gasteiger partial charge is 0.416 e. The van der Waals surface area contributed by atoms with Crippen LogP contribution in [0.1, 0.15) is 12.0 Å². The molecule has 0 aliphatic carbocycles. The number of carboxylic acid groups (broad SMARTS) is 4. The number of carboxylic acids is 4. The quantitative estimate of drug-likeness (QED) is 0.303.